The van der Waals surface area contributed by atoms with E-state index in [-0.39, 0.29) is 0 Å². The molecule has 0 aromatic heterocycles. The van der Waals surface area contributed by atoms with Crippen LogP contribution in [0, 0.1) is 5.41 Å². The Kier molecular flexibility index (Phi) is 11.6. The molecule has 0 aromatic rings. The topological polar surface area (TPSA) is 169 Å². The molecule has 0 fully saturated rings. The summed E-state index contributed by atoms with van der Waals surface area (Å²) in [6, 6.07) is 0. The van der Waals surface area contributed by atoms with Crippen molar-refractivity contribution in [2.75, 3.05) is 26.4 Å². The molecule has 0 aliphatic carbocycles. The second-order valence-electron chi connectivity index (χ2n) is 7.16. The maximum absolute atomic E-state index is 12.4. The third-order valence-corrected chi connectivity index (χ3v) is 4.90. The van der Waals surface area contributed by atoms with Crippen LogP contribution in [0.25, 0.3) is 0 Å². The van der Waals surface area contributed by atoms with E-state index in [4.69, 9.17) is 29.0 Å². The lowest BCUT2D eigenvalue weighted by Gasteiger charge is -2.32. The molecule has 1 unspecified atom stereocenters. The SMILES string of the molecule is CCCOCCC(C)(CC)OC(=O)CC(C)(COP(=O)(O)O)COP(=O)(O)O. The van der Waals surface area contributed by atoms with Crippen molar-refractivity contribution in [2.45, 2.75) is 59.0 Å². The zero-order valence-corrected chi connectivity index (χ0v) is 18.5. The summed E-state index contributed by atoms with van der Waals surface area (Å²) in [5.74, 6) is -0.717. The molecule has 0 heterocycles. The number of carbonyl (C=O) groups excluding carboxylic acids is 1. The van der Waals surface area contributed by atoms with Crippen LogP contribution in [0.5, 0.6) is 0 Å². The summed E-state index contributed by atoms with van der Waals surface area (Å²) in [6.07, 6.45) is 1.38. The Morgan fingerprint density at radius 2 is 1.43 bits per heavy atom. The minimum Gasteiger partial charge on any atom is -0.459 e. The first-order valence-electron chi connectivity index (χ1n) is 8.83. The van der Waals surface area contributed by atoms with Crippen molar-refractivity contribution in [3.63, 3.8) is 0 Å². The largest absolute Gasteiger partial charge is 0.469 e. The molecule has 0 saturated heterocycles. The third-order valence-electron chi connectivity index (χ3n) is 3.97. The van der Waals surface area contributed by atoms with Crippen LogP contribution >= 0.6 is 15.6 Å². The maximum Gasteiger partial charge on any atom is 0.469 e. The van der Waals surface area contributed by atoms with Crippen molar-refractivity contribution in [1.29, 1.82) is 0 Å². The number of phosphoric ester groups is 2. The highest BCUT2D eigenvalue weighted by Gasteiger charge is 2.37. The van der Waals surface area contributed by atoms with E-state index >= 15 is 0 Å². The van der Waals surface area contributed by atoms with E-state index in [0.29, 0.717) is 26.1 Å². The average molecular weight is 450 g/mol. The van der Waals surface area contributed by atoms with Crippen molar-refractivity contribution < 1.29 is 52.0 Å². The number of phosphoric acid groups is 2. The summed E-state index contributed by atoms with van der Waals surface area (Å²) in [4.78, 5) is 47.9. The highest BCUT2D eigenvalue weighted by Crippen LogP contribution is 2.42. The molecule has 0 aliphatic heterocycles. The molecular formula is C15H32O11P2. The fourth-order valence-electron chi connectivity index (χ4n) is 2.12. The Morgan fingerprint density at radius 1 is 0.929 bits per heavy atom. The number of hydrogen-bond acceptors (Lipinski definition) is 7. The molecule has 11 nitrogen and oxygen atoms in total. The third kappa shape index (κ3) is 13.8. The van der Waals surface area contributed by atoms with Crippen molar-refractivity contribution in [2.24, 2.45) is 5.41 Å². The lowest BCUT2D eigenvalue weighted by atomic mass is 9.89. The molecule has 0 amide bonds. The van der Waals surface area contributed by atoms with Gasteiger partial charge in [0.1, 0.15) is 5.60 Å². The molecule has 0 aliphatic rings. The molecule has 0 rings (SSSR count). The van der Waals surface area contributed by atoms with E-state index in [0.717, 1.165) is 6.42 Å². The van der Waals surface area contributed by atoms with Crippen LogP contribution in [-0.4, -0.2) is 57.6 Å². The van der Waals surface area contributed by atoms with Gasteiger partial charge >= 0.3 is 21.6 Å². The van der Waals surface area contributed by atoms with Crippen LogP contribution in [0.4, 0.5) is 0 Å². The van der Waals surface area contributed by atoms with E-state index < -0.39 is 52.3 Å². The van der Waals surface area contributed by atoms with Gasteiger partial charge in [-0.1, -0.05) is 20.8 Å². The van der Waals surface area contributed by atoms with Crippen LogP contribution in [0.2, 0.25) is 0 Å². The van der Waals surface area contributed by atoms with Gasteiger partial charge < -0.3 is 29.0 Å². The molecule has 0 bridgehead atoms. The summed E-state index contributed by atoms with van der Waals surface area (Å²) < 4.78 is 41.7. The number of carbonyl (C=O) groups is 1. The first-order chi connectivity index (χ1) is 12.6. The molecule has 1 atom stereocenters. The summed E-state index contributed by atoms with van der Waals surface area (Å²) >= 11 is 0. The molecular weight excluding hydrogens is 418 g/mol. The highest BCUT2D eigenvalue weighted by molar-refractivity contribution is 7.46. The Hall–Kier alpha value is -0.350. The predicted octanol–water partition coefficient (Wildman–Crippen LogP) is 2.13. The van der Waals surface area contributed by atoms with Crippen LogP contribution in [-0.2, 0) is 32.4 Å². The number of hydrogen-bond donors (Lipinski definition) is 4. The molecule has 13 heteroatoms. The van der Waals surface area contributed by atoms with E-state index in [1.807, 2.05) is 13.8 Å². The fraction of sp³-hybridized carbons (Fsp3) is 0.933. The lowest BCUT2D eigenvalue weighted by molar-refractivity contribution is -0.164. The number of ether oxygens (including phenoxy) is 2. The molecule has 0 spiro atoms. The van der Waals surface area contributed by atoms with Gasteiger partial charge in [0.15, 0.2) is 0 Å². The van der Waals surface area contributed by atoms with Gasteiger partial charge in [-0.3, -0.25) is 13.8 Å². The first-order valence-corrected chi connectivity index (χ1v) is 11.9. The normalized spacial score (nSPS) is 15.3. The summed E-state index contributed by atoms with van der Waals surface area (Å²) in [5, 5.41) is 0. The van der Waals surface area contributed by atoms with Gasteiger partial charge in [0.2, 0.25) is 0 Å². The van der Waals surface area contributed by atoms with Gasteiger partial charge in [0.25, 0.3) is 0 Å². The quantitative estimate of drug-likeness (QED) is 0.164. The lowest BCUT2D eigenvalue weighted by Crippen LogP contribution is -2.37. The van der Waals surface area contributed by atoms with Crippen LogP contribution in [0.3, 0.4) is 0 Å². The van der Waals surface area contributed by atoms with E-state index in [9.17, 15) is 13.9 Å². The van der Waals surface area contributed by atoms with Gasteiger partial charge in [-0.25, -0.2) is 9.13 Å². The zero-order chi connectivity index (χ0) is 22.1. The molecule has 28 heavy (non-hydrogen) atoms. The van der Waals surface area contributed by atoms with Crippen molar-refractivity contribution in [3.8, 4) is 0 Å². The Morgan fingerprint density at radius 3 is 1.82 bits per heavy atom. The number of rotatable bonds is 15. The zero-order valence-electron chi connectivity index (χ0n) is 16.7. The van der Waals surface area contributed by atoms with Crippen molar-refractivity contribution in [1.82, 2.24) is 0 Å². The smallest absolute Gasteiger partial charge is 0.459 e. The standard InChI is InChI=1S/C15H32O11P2/c1-5-8-23-9-7-15(4,6-2)26-13(16)10-14(3,11-24-27(17,18)19)12-25-28(20,21)22/h5-12H2,1-4H3,(H2,17,18,19)(H2,20,21,22). The Bertz CT molecular complexity index is 544. The van der Waals surface area contributed by atoms with Gasteiger partial charge in [-0.2, -0.15) is 0 Å². The van der Waals surface area contributed by atoms with E-state index in [1.54, 1.807) is 6.92 Å². The second kappa shape index (κ2) is 11.7. The van der Waals surface area contributed by atoms with E-state index in [2.05, 4.69) is 9.05 Å². The molecule has 4 N–H and O–H groups in total. The van der Waals surface area contributed by atoms with Crippen LogP contribution in [0.15, 0.2) is 0 Å². The van der Waals surface area contributed by atoms with E-state index in [1.165, 1.54) is 6.92 Å². The molecule has 168 valence electrons. The predicted molar refractivity (Wildman–Crippen MR) is 99.2 cm³/mol. The van der Waals surface area contributed by atoms with Gasteiger partial charge in [-0.15, -0.1) is 0 Å². The molecule has 0 saturated carbocycles. The van der Waals surface area contributed by atoms with Gasteiger partial charge in [-0.05, 0) is 19.8 Å². The van der Waals surface area contributed by atoms with Crippen molar-refractivity contribution >= 4 is 21.6 Å². The highest BCUT2D eigenvalue weighted by atomic mass is 31.2. The maximum atomic E-state index is 12.4. The molecule has 0 aromatic carbocycles. The van der Waals surface area contributed by atoms with Crippen molar-refractivity contribution in [3.05, 3.63) is 0 Å². The summed E-state index contributed by atoms with van der Waals surface area (Å²) in [7, 11) is -9.71. The second-order valence-corrected chi connectivity index (χ2v) is 9.63. The minimum atomic E-state index is -4.86. The summed E-state index contributed by atoms with van der Waals surface area (Å²) in [5.41, 5.74) is -2.26. The first kappa shape index (κ1) is 27.6. The monoisotopic (exact) mass is 450 g/mol. The Labute approximate surface area is 165 Å². The number of esters is 1. The summed E-state index contributed by atoms with van der Waals surface area (Å²) in [6.45, 7) is 6.52. The average Bonchev–Trinajstić information content (AvgIpc) is 2.54. The van der Waals surface area contributed by atoms with Crippen LogP contribution < -0.4 is 0 Å². The van der Waals surface area contributed by atoms with Crippen LogP contribution in [0.1, 0.15) is 53.4 Å². The van der Waals surface area contributed by atoms with Gasteiger partial charge in [0.05, 0.1) is 26.2 Å². The fourth-order valence-corrected chi connectivity index (χ4v) is 3.08. The Balaban J connectivity index is 5.03. The van der Waals surface area contributed by atoms with Gasteiger partial charge in [0, 0.05) is 18.4 Å². The minimum absolute atomic E-state index is 0.394. The molecule has 0 radical (unpaired) electrons.